The second-order valence-electron chi connectivity index (χ2n) is 4.61. The van der Waals surface area contributed by atoms with Gasteiger partial charge >= 0.3 is 12.2 Å². The van der Waals surface area contributed by atoms with E-state index in [1.165, 1.54) is 6.07 Å². The smallest absolute Gasteiger partial charge is 0.433 e. The van der Waals surface area contributed by atoms with Gasteiger partial charge in [-0.05, 0) is 12.5 Å². The lowest BCUT2D eigenvalue weighted by Crippen LogP contribution is -2.20. The number of hydrogen-bond donors (Lipinski definition) is 2. The molecule has 3 N–H and O–H groups in total. The SMILES string of the molecule is NC(=O)Nc1cc(OCC2CCOC2)nc(C(F)(F)F)c1. The number of rotatable bonds is 4. The van der Waals surface area contributed by atoms with E-state index in [1.54, 1.807) is 0 Å². The van der Waals surface area contributed by atoms with E-state index < -0.39 is 17.9 Å². The van der Waals surface area contributed by atoms with Crippen LogP contribution < -0.4 is 15.8 Å². The maximum atomic E-state index is 12.7. The molecular weight excluding hydrogens is 291 g/mol. The van der Waals surface area contributed by atoms with E-state index in [-0.39, 0.29) is 24.1 Å². The molecule has 0 bridgehead atoms. The first-order chi connectivity index (χ1) is 9.84. The van der Waals surface area contributed by atoms with Gasteiger partial charge in [-0.25, -0.2) is 9.78 Å². The Morgan fingerprint density at radius 1 is 1.52 bits per heavy atom. The highest BCUT2D eigenvalue weighted by Gasteiger charge is 2.33. The molecule has 9 heteroatoms. The molecule has 1 aromatic heterocycles. The van der Waals surface area contributed by atoms with Crippen molar-refractivity contribution in [3.8, 4) is 5.88 Å². The van der Waals surface area contributed by atoms with E-state index in [4.69, 9.17) is 15.2 Å². The van der Waals surface area contributed by atoms with Crippen LogP contribution in [0.3, 0.4) is 0 Å². The molecule has 1 aliphatic heterocycles. The summed E-state index contributed by atoms with van der Waals surface area (Å²) in [5.74, 6) is -0.102. The third kappa shape index (κ3) is 4.48. The molecule has 0 aromatic carbocycles. The number of primary amides is 1. The third-order valence-electron chi connectivity index (χ3n) is 2.85. The summed E-state index contributed by atoms with van der Waals surface area (Å²) in [6.45, 7) is 1.31. The number of ether oxygens (including phenoxy) is 2. The van der Waals surface area contributed by atoms with E-state index >= 15 is 0 Å². The molecule has 116 valence electrons. The fourth-order valence-corrected chi connectivity index (χ4v) is 1.86. The molecule has 2 rings (SSSR count). The van der Waals surface area contributed by atoms with Gasteiger partial charge in [-0.1, -0.05) is 0 Å². The van der Waals surface area contributed by atoms with E-state index in [9.17, 15) is 18.0 Å². The zero-order chi connectivity index (χ0) is 15.5. The number of nitrogens with one attached hydrogen (secondary N) is 1. The van der Waals surface area contributed by atoms with Crippen molar-refractivity contribution in [3.63, 3.8) is 0 Å². The Bertz CT molecular complexity index is 516. The number of halogens is 3. The van der Waals surface area contributed by atoms with Crippen LogP contribution in [0.15, 0.2) is 12.1 Å². The highest BCUT2D eigenvalue weighted by molar-refractivity contribution is 5.87. The molecule has 6 nitrogen and oxygen atoms in total. The molecule has 1 unspecified atom stereocenters. The molecule has 0 radical (unpaired) electrons. The largest absolute Gasteiger partial charge is 0.477 e. The van der Waals surface area contributed by atoms with Gasteiger partial charge in [0.25, 0.3) is 0 Å². The summed E-state index contributed by atoms with van der Waals surface area (Å²) in [7, 11) is 0. The van der Waals surface area contributed by atoms with Gasteiger partial charge in [-0.3, -0.25) is 0 Å². The monoisotopic (exact) mass is 305 g/mol. The fourth-order valence-electron chi connectivity index (χ4n) is 1.86. The predicted molar refractivity (Wildman–Crippen MR) is 66.9 cm³/mol. The van der Waals surface area contributed by atoms with E-state index in [1.807, 2.05) is 0 Å². The maximum Gasteiger partial charge on any atom is 0.433 e. The topological polar surface area (TPSA) is 86.5 Å². The zero-order valence-corrected chi connectivity index (χ0v) is 10.9. The average Bonchev–Trinajstić information content (AvgIpc) is 2.87. The summed E-state index contributed by atoms with van der Waals surface area (Å²) < 4.78 is 48.6. The zero-order valence-electron chi connectivity index (χ0n) is 10.9. The van der Waals surface area contributed by atoms with Gasteiger partial charge in [-0.15, -0.1) is 0 Å². The number of anilines is 1. The van der Waals surface area contributed by atoms with Crippen LogP contribution in [0.4, 0.5) is 23.7 Å². The predicted octanol–water partition coefficient (Wildman–Crippen LogP) is 2.01. The van der Waals surface area contributed by atoms with Crippen LogP contribution in [-0.4, -0.2) is 30.8 Å². The molecule has 0 aliphatic carbocycles. The highest BCUT2D eigenvalue weighted by Crippen LogP contribution is 2.31. The molecule has 1 atom stereocenters. The Morgan fingerprint density at radius 3 is 2.86 bits per heavy atom. The Balaban J connectivity index is 2.15. The van der Waals surface area contributed by atoms with E-state index in [2.05, 4.69) is 10.3 Å². The van der Waals surface area contributed by atoms with Crippen molar-refractivity contribution < 1.29 is 27.4 Å². The van der Waals surface area contributed by atoms with Gasteiger partial charge < -0.3 is 20.5 Å². The third-order valence-corrected chi connectivity index (χ3v) is 2.85. The lowest BCUT2D eigenvalue weighted by molar-refractivity contribution is -0.141. The Kier molecular flexibility index (Phi) is 4.51. The van der Waals surface area contributed by atoms with Crippen LogP contribution in [-0.2, 0) is 10.9 Å². The van der Waals surface area contributed by atoms with Crippen molar-refractivity contribution in [3.05, 3.63) is 17.8 Å². The van der Waals surface area contributed by atoms with Crippen LogP contribution in [0.1, 0.15) is 12.1 Å². The lowest BCUT2D eigenvalue weighted by Gasteiger charge is -2.13. The van der Waals surface area contributed by atoms with E-state index in [0.29, 0.717) is 19.3 Å². The minimum Gasteiger partial charge on any atom is -0.477 e. The van der Waals surface area contributed by atoms with Gasteiger partial charge in [0.2, 0.25) is 5.88 Å². The number of nitrogens with two attached hydrogens (primary N) is 1. The van der Waals surface area contributed by atoms with Gasteiger partial charge in [0.15, 0.2) is 5.69 Å². The minimum absolute atomic E-state index is 0.119. The standard InChI is InChI=1S/C12H14F3N3O3/c13-12(14,15)9-3-8(17-11(16)19)4-10(18-9)21-6-7-1-2-20-5-7/h3-4,7H,1-2,5-6H2,(H3,16,17,18,19). The van der Waals surface area contributed by atoms with Gasteiger partial charge in [0.1, 0.15) is 0 Å². The average molecular weight is 305 g/mol. The number of pyridine rings is 1. The minimum atomic E-state index is -4.65. The quantitative estimate of drug-likeness (QED) is 0.891. The van der Waals surface area contributed by atoms with Crippen LogP contribution in [0.25, 0.3) is 0 Å². The summed E-state index contributed by atoms with van der Waals surface area (Å²) in [5, 5.41) is 2.08. The summed E-state index contributed by atoms with van der Waals surface area (Å²) in [6.07, 6.45) is -3.87. The van der Waals surface area contributed by atoms with Crippen LogP contribution >= 0.6 is 0 Å². The first-order valence-corrected chi connectivity index (χ1v) is 6.21. The molecule has 1 aromatic rings. The van der Waals surface area contributed by atoms with E-state index in [0.717, 1.165) is 6.42 Å². The first kappa shape index (κ1) is 15.4. The number of amides is 2. The molecule has 0 spiro atoms. The van der Waals surface area contributed by atoms with Crippen LogP contribution in [0.2, 0.25) is 0 Å². The number of carbonyl (C=O) groups excluding carboxylic acids is 1. The normalized spacial score (nSPS) is 18.5. The summed E-state index contributed by atoms with van der Waals surface area (Å²) >= 11 is 0. The molecule has 21 heavy (non-hydrogen) atoms. The van der Waals surface area contributed by atoms with Gasteiger partial charge in [0.05, 0.1) is 13.2 Å². The van der Waals surface area contributed by atoms with Crippen molar-refractivity contribution in [1.29, 1.82) is 0 Å². The number of hydrogen-bond acceptors (Lipinski definition) is 4. The van der Waals surface area contributed by atoms with Gasteiger partial charge in [-0.2, -0.15) is 13.2 Å². The molecule has 2 heterocycles. The number of nitrogens with zero attached hydrogens (tertiary/aromatic N) is 1. The highest BCUT2D eigenvalue weighted by atomic mass is 19.4. The fraction of sp³-hybridized carbons (Fsp3) is 0.500. The number of alkyl halides is 3. The van der Waals surface area contributed by atoms with Crippen LogP contribution in [0, 0.1) is 5.92 Å². The van der Waals surface area contributed by atoms with Crippen molar-refractivity contribution in [2.45, 2.75) is 12.6 Å². The number of urea groups is 1. The molecular formula is C12H14F3N3O3. The summed E-state index contributed by atoms with van der Waals surface area (Å²) in [4.78, 5) is 14.2. The Morgan fingerprint density at radius 2 is 2.29 bits per heavy atom. The molecule has 1 saturated heterocycles. The van der Waals surface area contributed by atoms with Crippen molar-refractivity contribution >= 4 is 11.7 Å². The summed E-state index contributed by atoms with van der Waals surface area (Å²) in [6, 6.07) is 0.913. The molecule has 1 fully saturated rings. The summed E-state index contributed by atoms with van der Waals surface area (Å²) in [5.41, 5.74) is 3.61. The second kappa shape index (κ2) is 6.17. The Hall–Kier alpha value is -2.03. The molecule has 0 saturated carbocycles. The second-order valence-corrected chi connectivity index (χ2v) is 4.61. The van der Waals surface area contributed by atoms with Gasteiger partial charge in [0, 0.05) is 24.3 Å². The lowest BCUT2D eigenvalue weighted by atomic mass is 10.1. The Labute approximate surface area is 118 Å². The maximum absolute atomic E-state index is 12.7. The van der Waals surface area contributed by atoms with Crippen molar-refractivity contribution in [1.82, 2.24) is 4.98 Å². The first-order valence-electron chi connectivity index (χ1n) is 6.21. The number of aromatic nitrogens is 1. The van der Waals surface area contributed by atoms with Crippen LogP contribution in [0.5, 0.6) is 5.88 Å². The molecule has 2 amide bonds. The van der Waals surface area contributed by atoms with Crippen molar-refractivity contribution in [2.75, 3.05) is 25.1 Å². The molecule has 1 aliphatic rings. The number of carbonyl (C=O) groups is 1. The van der Waals surface area contributed by atoms with Crippen molar-refractivity contribution in [2.24, 2.45) is 11.7 Å².